The van der Waals surface area contributed by atoms with E-state index in [1.54, 1.807) is 31.2 Å². The second-order valence-corrected chi connectivity index (χ2v) is 6.55. The Balaban J connectivity index is 2.28. The fourth-order valence-electron chi connectivity index (χ4n) is 2.46. The summed E-state index contributed by atoms with van der Waals surface area (Å²) in [5.74, 6) is -1.50. The van der Waals surface area contributed by atoms with E-state index in [2.05, 4.69) is 4.98 Å². The molecule has 1 unspecified atom stereocenters. The van der Waals surface area contributed by atoms with Gasteiger partial charge in [-0.25, -0.2) is 9.37 Å². The predicted octanol–water partition coefficient (Wildman–Crippen LogP) is 3.48. The number of aromatic nitrogens is 2. The number of benzene rings is 2. The van der Waals surface area contributed by atoms with Gasteiger partial charge in [0.05, 0.1) is 16.6 Å². The molecule has 128 valence electrons. The minimum Gasteiger partial charge on any atom is -0.480 e. The SMILES string of the molecule is CCC(Sc1nc2ccc(F)cc2c(=O)n1-c1ccccc1)C(=O)O. The van der Waals surface area contributed by atoms with Crippen molar-refractivity contribution in [1.29, 1.82) is 0 Å². The van der Waals surface area contributed by atoms with E-state index >= 15 is 0 Å². The quantitative estimate of drug-likeness (QED) is 0.558. The number of carboxylic acids is 1. The molecule has 1 heterocycles. The van der Waals surface area contributed by atoms with Crippen LogP contribution in [-0.2, 0) is 4.79 Å². The lowest BCUT2D eigenvalue weighted by Gasteiger charge is -2.15. The van der Waals surface area contributed by atoms with Gasteiger partial charge in [-0.1, -0.05) is 36.9 Å². The summed E-state index contributed by atoms with van der Waals surface area (Å²) >= 11 is 1.01. The van der Waals surface area contributed by atoms with Crippen LogP contribution < -0.4 is 5.56 Å². The molecule has 0 bridgehead atoms. The molecule has 0 aliphatic carbocycles. The lowest BCUT2D eigenvalue weighted by atomic mass is 10.2. The zero-order valence-corrected chi connectivity index (χ0v) is 14.2. The number of thioether (sulfide) groups is 1. The van der Waals surface area contributed by atoms with Gasteiger partial charge in [-0.05, 0) is 36.8 Å². The Morgan fingerprint density at radius 3 is 2.64 bits per heavy atom. The van der Waals surface area contributed by atoms with Crippen LogP contribution in [0.15, 0.2) is 58.5 Å². The van der Waals surface area contributed by atoms with E-state index in [1.807, 2.05) is 6.07 Å². The molecule has 2 aromatic carbocycles. The molecule has 3 rings (SSSR count). The number of nitrogens with zero attached hydrogens (tertiary/aromatic N) is 2. The van der Waals surface area contributed by atoms with Crippen LogP contribution in [0.2, 0.25) is 0 Å². The number of para-hydroxylation sites is 1. The Bertz CT molecular complexity index is 989. The van der Waals surface area contributed by atoms with E-state index < -0.39 is 22.6 Å². The van der Waals surface area contributed by atoms with Crippen molar-refractivity contribution in [3.8, 4) is 5.69 Å². The highest BCUT2D eigenvalue weighted by atomic mass is 32.2. The molecule has 0 aliphatic heterocycles. The Labute approximate surface area is 147 Å². The fourth-order valence-corrected chi connectivity index (χ4v) is 3.42. The van der Waals surface area contributed by atoms with Gasteiger partial charge in [-0.2, -0.15) is 0 Å². The van der Waals surface area contributed by atoms with Crippen LogP contribution in [0.25, 0.3) is 16.6 Å². The summed E-state index contributed by atoms with van der Waals surface area (Å²) in [6.07, 6.45) is 0.381. The number of fused-ring (bicyclic) bond motifs is 1. The molecule has 0 aliphatic rings. The average Bonchev–Trinajstić information content (AvgIpc) is 2.61. The molecule has 0 fully saturated rings. The molecule has 5 nitrogen and oxygen atoms in total. The lowest BCUT2D eigenvalue weighted by Crippen LogP contribution is -2.24. The molecule has 1 atom stereocenters. The molecule has 3 aromatic rings. The van der Waals surface area contributed by atoms with Crippen LogP contribution in [0.4, 0.5) is 4.39 Å². The summed E-state index contributed by atoms with van der Waals surface area (Å²) in [4.78, 5) is 28.7. The summed E-state index contributed by atoms with van der Waals surface area (Å²) in [6, 6.07) is 12.6. The van der Waals surface area contributed by atoms with Crippen molar-refractivity contribution < 1.29 is 14.3 Å². The third-order valence-corrected chi connectivity index (χ3v) is 5.01. The Morgan fingerprint density at radius 2 is 2.00 bits per heavy atom. The monoisotopic (exact) mass is 358 g/mol. The molecule has 0 spiro atoms. The maximum absolute atomic E-state index is 13.6. The normalized spacial score (nSPS) is 12.2. The van der Waals surface area contributed by atoms with Crippen LogP contribution in [0.5, 0.6) is 0 Å². The lowest BCUT2D eigenvalue weighted by molar-refractivity contribution is -0.136. The molecule has 0 saturated carbocycles. The molecule has 0 saturated heterocycles. The van der Waals surface area contributed by atoms with E-state index in [4.69, 9.17) is 0 Å². The van der Waals surface area contributed by atoms with Gasteiger partial charge in [-0.15, -0.1) is 0 Å². The molecule has 1 N–H and O–H groups in total. The van der Waals surface area contributed by atoms with Crippen LogP contribution in [0, 0.1) is 5.82 Å². The summed E-state index contributed by atoms with van der Waals surface area (Å²) in [7, 11) is 0. The first kappa shape index (κ1) is 17.2. The third kappa shape index (κ3) is 3.41. The summed E-state index contributed by atoms with van der Waals surface area (Å²) in [5.41, 5.74) is 0.452. The number of hydrogen-bond donors (Lipinski definition) is 1. The van der Waals surface area contributed by atoms with Gasteiger partial charge in [0.25, 0.3) is 5.56 Å². The van der Waals surface area contributed by atoms with Gasteiger partial charge in [-0.3, -0.25) is 14.2 Å². The second-order valence-electron chi connectivity index (χ2n) is 5.38. The van der Waals surface area contributed by atoms with Crippen molar-refractivity contribution in [3.63, 3.8) is 0 Å². The first-order valence-corrected chi connectivity index (χ1v) is 8.56. The van der Waals surface area contributed by atoms with E-state index in [0.29, 0.717) is 17.6 Å². The number of carboxylic acid groups (broad SMARTS) is 1. The van der Waals surface area contributed by atoms with E-state index in [0.717, 1.165) is 17.8 Å². The number of rotatable bonds is 5. The van der Waals surface area contributed by atoms with E-state index in [9.17, 15) is 19.1 Å². The number of halogens is 1. The van der Waals surface area contributed by atoms with E-state index in [1.165, 1.54) is 16.7 Å². The van der Waals surface area contributed by atoms with Crippen molar-refractivity contribution in [3.05, 3.63) is 64.7 Å². The van der Waals surface area contributed by atoms with Gasteiger partial charge < -0.3 is 5.11 Å². The van der Waals surface area contributed by atoms with Gasteiger partial charge in [0, 0.05) is 0 Å². The van der Waals surface area contributed by atoms with Crippen molar-refractivity contribution >= 4 is 28.6 Å². The molecule has 0 amide bonds. The molecule has 0 radical (unpaired) electrons. The maximum Gasteiger partial charge on any atom is 0.317 e. The topological polar surface area (TPSA) is 72.2 Å². The van der Waals surface area contributed by atoms with Crippen LogP contribution in [-0.4, -0.2) is 25.9 Å². The van der Waals surface area contributed by atoms with E-state index in [-0.39, 0.29) is 10.5 Å². The van der Waals surface area contributed by atoms with Gasteiger partial charge >= 0.3 is 5.97 Å². The predicted molar refractivity (Wildman–Crippen MR) is 94.9 cm³/mol. The fraction of sp³-hybridized carbons (Fsp3) is 0.167. The average molecular weight is 358 g/mol. The first-order valence-electron chi connectivity index (χ1n) is 7.68. The zero-order valence-electron chi connectivity index (χ0n) is 13.3. The smallest absolute Gasteiger partial charge is 0.317 e. The molecular formula is C18H15FN2O3S. The summed E-state index contributed by atoms with van der Waals surface area (Å²) < 4.78 is 14.9. The minimum atomic E-state index is -0.972. The molecular weight excluding hydrogens is 343 g/mol. The largest absolute Gasteiger partial charge is 0.480 e. The molecule has 7 heteroatoms. The van der Waals surface area contributed by atoms with Gasteiger partial charge in [0.15, 0.2) is 5.16 Å². The summed E-state index contributed by atoms with van der Waals surface area (Å²) in [6.45, 7) is 1.76. The van der Waals surface area contributed by atoms with Crippen molar-refractivity contribution in [2.75, 3.05) is 0 Å². The highest BCUT2D eigenvalue weighted by Crippen LogP contribution is 2.27. The van der Waals surface area contributed by atoms with Crippen LogP contribution in [0.1, 0.15) is 13.3 Å². The Hall–Kier alpha value is -2.67. The van der Waals surface area contributed by atoms with Crippen LogP contribution >= 0.6 is 11.8 Å². The maximum atomic E-state index is 13.6. The van der Waals surface area contributed by atoms with Gasteiger partial charge in [0.1, 0.15) is 11.1 Å². The Kier molecular flexibility index (Phi) is 4.85. The molecule has 1 aromatic heterocycles. The standard InChI is InChI=1S/C18H15FN2O3S/c1-2-15(17(23)24)25-18-20-14-9-8-11(19)10-13(14)16(22)21(18)12-6-4-3-5-7-12/h3-10,15H,2H2,1H3,(H,23,24). The zero-order chi connectivity index (χ0) is 18.0. The second kappa shape index (κ2) is 7.06. The summed E-state index contributed by atoms with van der Waals surface area (Å²) in [5, 5.41) is 9.01. The number of hydrogen-bond acceptors (Lipinski definition) is 4. The third-order valence-electron chi connectivity index (χ3n) is 3.71. The first-order chi connectivity index (χ1) is 12.0. The van der Waals surface area contributed by atoms with Crippen LogP contribution in [0.3, 0.4) is 0 Å². The number of aliphatic carboxylic acids is 1. The highest BCUT2D eigenvalue weighted by Gasteiger charge is 2.22. The van der Waals surface area contributed by atoms with Crippen molar-refractivity contribution in [2.45, 2.75) is 23.8 Å². The van der Waals surface area contributed by atoms with Gasteiger partial charge in [0.2, 0.25) is 0 Å². The molecule has 25 heavy (non-hydrogen) atoms. The van der Waals surface area contributed by atoms with Crippen molar-refractivity contribution in [1.82, 2.24) is 9.55 Å². The number of carbonyl (C=O) groups is 1. The Morgan fingerprint density at radius 1 is 1.28 bits per heavy atom. The highest BCUT2D eigenvalue weighted by molar-refractivity contribution is 8.00. The minimum absolute atomic E-state index is 0.150. The van der Waals surface area contributed by atoms with Crippen molar-refractivity contribution in [2.24, 2.45) is 0 Å².